The molecule has 0 aliphatic heterocycles. The van der Waals surface area contributed by atoms with E-state index in [0.717, 1.165) is 11.3 Å². The normalized spacial score (nSPS) is 11.6. The minimum Gasteiger partial charge on any atom is -0.744 e. The predicted molar refractivity (Wildman–Crippen MR) is 120 cm³/mol. The summed E-state index contributed by atoms with van der Waals surface area (Å²) < 4.78 is 40.6. The Bertz CT molecular complexity index is 1060. The third-order valence-corrected chi connectivity index (χ3v) is 6.82. The molecule has 0 bridgehead atoms. The zero-order chi connectivity index (χ0) is 22.9. The molecule has 3 aromatic carbocycles. The molecule has 8 heteroatoms. The van der Waals surface area contributed by atoms with Crippen LogP contribution in [0.25, 0.3) is 0 Å². The van der Waals surface area contributed by atoms with Crippen molar-refractivity contribution in [3.63, 3.8) is 0 Å². The molecule has 0 saturated heterocycles. The van der Waals surface area contributed by atoms with Gasteiger partial charge in [-0.3, -0.25) is 0 Å². The van der Waals surface area contributed by atoms with Crippen molar-refractivity contribution >= 4 is 27.2 Å². The summed E-state index contributed by atoms with van der Waals surface area (Å²) in [5, 5.41) is 0. The third-order valence-electron chi connectivity index (χ3n) is 4.13. The molecule has 164 valence electrons. The van der Waals surface area contributed by atoms with Crippen molar-refractivity contribution in [2.75, 3.05) is 13.4 Å². The fourth-order valence-electron chi connectivity index (χ4n) is 2.49. The van der Waals surface area contributed by atoms with Crippen molar-refractivity contribution in [3.8, 4) is 5.75 Å². The molecule has 0 fully saturated rings. The summed E-state index contributed by atoms with van der Waals surface area (Å²) in [6.45, 7) is 1.82. The molecule has 0 heterocycles. The summed E-state index contributed by atoms with van der Waals surface area (Å²) in [5.74, 6) is 1.51. The molecule has 3 aromatic rings. The number of rotatable bonds is 5. The van der Waals surface area contributed by atoms with Crippen molar-refractivity contribution in [2.24, 2.45) is 0 Å². The molecule has 1 unspecified atom stereocenters. The number of carbonyl (C=O) groups is 1. The van der Waals surface area contributed by atoms with Crippen LogP contribution in [0.3, 0.4) is 0 Å². The monoisotopic (exact) mass is 460 g/mol. The average Bonchev–Trinajstić information content (AvgIpc) is 2.75. The number of carbonyl (C=O) groups excluding carboxylic acids is 1. The number of aryl methyl sites for hydroxylation is 1. The molecule has 31 heavy (non-hydrogen) atoms. The first-order valence-corrected chi connectivity index (χ1v) is 12.4. The second-order valence-electron chi connectivity index (χ2n) is 6.56. The van der Waals surface area contributed by atoms with Gasteiger partial charge < -0.3 is 14.0 Å². The van der Waals surface area contributed by atoms with Crippen molar-refractivity contribution < 1.29 is 27.2 Å². The zero-order valence-corrected chi connectivity index (χ0v) is 19.1. The van der Waals surface area contributed by atoms with E-state index in [1.54, 1.807) is 24.3 Å². The van der Waals surface area contributed by atoms with Gasteiger partial charge in [-0.1, -0.05) is 48.0 Å². The van der Waals surface area contributed by atoms with Crippen LogP contribution < -0.4 is 4.74 Å². The second-order valence-corrected chi connectivity index (χ2v) is 9.98. The highest BCUT2D eigenvalue weighted by atomic mass is 32.2. The number of benzene rings is 3. The predicted octanol–water partition coefficient (Wildman–Crippen LogP) is 4.54. The first-order valence-electron chi connectivity index (χ1n) is 9.24. The minimum atomic E-state index is -4.27. The summed E-state index contributed by atoms with van der Waals surface area (Å²) in [6.07, 6.45) is 1.51. The van der Waals surface area contributed by atoms with Crippen molar-refractivity contribution in [2.45, 2.75) is 22.5 Å². The van der Waals surface area contributed by atoms with Gasteiger partial charge in [-0.2, -0.15) is 0 Å². The van der Waals surface area contributed by atoms with Crippen LogP contribution >= 0.6 is 0 Å². The second kappa shape index (κ2) is 11.5. The van der Waals surface area contributed by atoms with E-state index in [1.165, 1.54) is 29.7 Å². The first-order chi connectivity index (χ1) is 14.7. The van der Waals surface area contributed by atoms with E-state index < -0.39 is 16.3 Å². The number of ether oxygens (including phenoxy) is 2. The SMILES string of the molecule is COC(=O)Oc1ccc([S+](C)Cc2ccccc2)cc1.Cc1ccc(S(=O)(=O)[O-])cc1. The van der Waals surface area contributed by atoms with Gasteiger partial charge in [0.25, 0.3) is 0 Å². The Kier molecular flexibility index (Phi) is 9.11. The van der Waals surface area contributed by atoms with Crippen LogP contribution in [0, 0.1) is 6.92 Å². The molecule has 0 aromatic heterocycles. The number of hydrogen-bond acceptors (Lipinski definition) is 6. The maximum Gasteiger partial charge on any atom is 0.513 e. The standard InChI is InChI=1S/C16H17O3S.C7H8O3S/c1-18-16(17)19-14-8-10-15(11-9-14)20(2)12-13-6-4-3-5-7-13;1-6-2-4-7(5-3-6)11(8,9)10/h3-11H,12H2,1-2H3;2-5H,1H3,(H,8,9,10)/q+1;/p-1. The molecule has 0 radical (unpaired) electrons. The molecule has 0 saturated carbocycles. The van der Waals surface area contributed by atoms with Gasteiger partial charge in [-0.05, 0) is 43.3 Å². The van der Waals surface area contributed by atoms with Gasteiger partial charge in [0.1, 0.15) is 27.9 Å². The van der Waals surface area contributed by atoms with Crippen LogP contribution in [0.4, 0.5) is 4.79 Å². The number of methoxy groups -OCH3 is 1. The number of hydrogen-bond donors (Lipinski definition) is 0. The quantitative estimate of drug-likeness (QED) is 0.240. The van der Waals surface area contributed by atoms with Crippen molar-refractivity contribution in [1.82, 2.24) is 0 Å². The highest BCUT2D eigenvalue weighted by Gasteiger charge is 2.16. The summed E-state index contributed by atoms with van der Waals surface area (Å²) >= 11 is 0. The van der Waals surface area contributed by atoms with Crippen LogP contribution in [-0.4, -0.2) is 32.5 Å². The Morgan fingerprint density at radius 2 is 1.52 bits per heavy atom. The van der Waals surface area contributed by atoms with Gasteiger partial charge >= 0.3 is 6.16 Å². The lowest BCUT2D eigenvalue weighted by molar-refractivity contribution is 0.121. The van der Waals surface area contributed by atoms with Crippen LogP contribution in [0.2, 0.25) is 0 Å². The lowest BCUT2D eigenvalue weighted by atomic mass is 10.2. The minimum absolute atomic E-state index is 0.121. The molecule has 0 aliphatic carbocycles. The molecule has 0 amide bonds. The maximum absolute atomic E-state index is 11.0. The van der Waals surface area contributed by atoms with E-state index >= 15 is 0 Å². The molecule has 6 nitrogen and oxygen atoms in total. The van der Waals surface area contributed by atoms with Crippen molar-refractivity contribution in [1.29, 1.82) is 0 Å². The van der Waals surface area contributed by atoms with Gasteiger partial charge in [0.15, 0.2) is 4.90 Å². The van der Waals surface area contributed by atoms with E-state index in [4.69, 9.17) is 4.74 Å². The van der Waals surface area contributed by atoms with Gasteiger partial charge in [0.2, 0.25) is 0 Å². The van der Waals surface area contributed by atoms with E-state index in [1.807, 2.05) is 25.1 Å². The average molecular weight is 461 g/mol. The highest BCUT2D eigenvalue weighted by molar-refractivity contribution is 7.95. The van der Waals surface area contributed by atoms with E-state index in [-0.39, 0.29) is 15.8 Å². The lowest BCUT2D eigenvalue weighted by Gasteiger charge is -2.05. The summed E-state index contributed by atoms with van der Waals surface area (Å²) in [7, 11) is -2.86. The lowest BCUT2D eigenvalue weighted by Crippen LogP contribution is -2.08. The molecular weight excluding hydrogens is 436 g/mol. The highest BCUT2D eigenvalue weighted by Crippen LogP contribution is 2.20. The summed E-state index contributed by atoms with van der Waals surface area (Å²) in [4.78, 5) is 12.1. The third kappa shape index (κ3) is 8.45. The van der Waals surface area contributed by atoms with Gasteiger partial charge in [0.05, 0.1) is 12.0 Å². The molecule has 0 spiro atoms. The Morgan fingerprint density at radius 3 is 2.03 bits per heavy atom. The van der Waals surface area contributed by atoms with Crippen LogP contribution in [0.1, 0.15) is 11.1 Å². The molecule has 0 N–H and O–H groups in total. The van der Waals surface area contributed by atoms with E-state index in [0.29, 0.717) is 5.75 Å². The Hall–Kier alpha value is -2.81. The fraction of sp³-hybridized carbons (Fsp3) is 0.174. The molecule has 1 atom stereocenters. The van der Waals surface area contributed by atoms with Gasteiger partial charge in [-0.15, -0.1) is 0 Å². The Balaban J connectivity index is 0.000000262. The van der Waals surface area contributed by atoms with Crippen LogP contribution in [-0.2, 0) is 31.5 Å². The fourth-order valence-corrected chi connectivity index (χ4v) is 4.42. The molecular formula is C23H24O6S2. The van der Waals surface area contributed by atoms with Gasteiger partial charge in [0, 0.05) is 16.5 Å². The molecule has 0 aliphatic rings. The van der Waals surface area contributed by atoms with Crippen molar-refractivity contribution in [3.05, 3.63) is 90.0 Å². The Labute approximate surface area is 185 Å². The smallest absolute Gasteiger partial charge is 0.513 e. The van der Waals surface area contributed by atoms with Crippen LogP contribution in [0.5, 0.6) is 5.75 Å². The van der Waals surface area contributed by atoms with E-state index in [9.17, 15) is 17.8 Å². The zero-order valence-electron chi connectivity index (χ0n) is 17.5. The molecule has 3 rings (SSSR count). The maximum atomic E-state index is 11.0. The van der Waals surface area contributed by atoms with Crippen LogP contribution in [0.15, 0.2) is 88.7 Å². The summed E-state index contributed by atoms with van der Waals surface area (Å²) in [6, 6.07) is 23.8. The Morgan fingerprint density at radius 1 is 0.935 bits per heavy atom. The van der Waals surface area contributed by atoms with E-state index in [2.05, 4.69) is 35.3 Å². The summed E-state index contributed by atoms with van der Waals surface area (Å²) in [5.41, 5.74) is 2.26. The largest absolute Gasteiger partial charge is 0.744 e. The topological polar surface area (TPSA) is 92.7 Å². The first kappa shape index (κ1) is 24.5. The van der Waals surface area contributed by atoms with Gasteiger partial charge in [-0.25, -0.2) is 13.2 Å².